The van der Waals surface area contributed by atoms with E-state index in [4.69, 9.17) is 15.9 Å². The van der Waals surface area contributed by atoms with Gasteiger partial charge in [-0.25, -0.2) is 4.79 Å². The first-order valence-electron chi connectivity index (χ1n) is 9.17. The van der Waals surface area contributed by atoms with E-state index in [1.807, 2.05) is 12.5 Å². The van der Waals surface area contributed by atoms with Crippen LogP contribution in [0.1, 0.15) is 25.7 Å². The van der Waals surface area contributed by atoms with Gasteiger partial charge in [-0.2, -0.15) is 23.5 Å². The number of nitrogens with two attached hydrogens (primary N) is 1. The van der Waals surface area contributed by atoms with E-state index in [1.165, 1.54) is 11.8 Å². The SMILES string of the molecule is CSCCC(N)C(=O)NC(CCSC)C(=O)NCC(=O)NC(CCC(=O)O)C(=O)O. The van der Waals surface area contributed by atoms with Crippen molar-refractivity contribution in [3.8, 4) is 0 Å². The standard InChI is InChI=1S/C17H30N4O7S2/c1-29-7-5-10(18)15(25)21-11(6-8-30-2)16(26)19-9-13(22)20-12(17(27)28)3-4-14(23)24/h10-12H,3-9,18H2,1-2H3,(H,19,26)(H,20,22)(H,21,25)(H,23,24)(H,27,28). The molecule has 7 N–H and O–H groups in total. The molecule has 0 bridgehead atoms. The molecule has 30 heavy (non-hydrogen) atoms. The number of amides is 3. The van der Waals surface area contributed by atoms with Gasteiger partial charge in [0.15, 0.2) is 0 Å². The highest BCUT2D eigenvalue weighted by atomic mass is 32.2. The molecular formula is C17H30N4O7S2. The molecule has 0 aromatic rings. The number of thioether (sulfide) groups is 2. The molecule has 0 aromatic carbocycles. The molecule has 0 aliphatic carbocycles. The summed E-state index contributed by atoms with van der Waals surface area (Å²) in [7, 11) is 0. The fourth-order valence-corrected chi connectivity index (χ4v) is 3.18. The van der Waals surface area contributed by atoms with Gasteiger partial charge in [-0.15, -0.1) is 0 Å². The van der Waals surface area contributed by atoms with Gasteiger partial charge in [-0.3, -0.25) is 19.2 Å². The van der Waals surface area contributed by atoms with Crippen molar-refractivity contribution in [3.63, 3.8) is 0 Å². The highest BCUT2D eigenvalue weighted by Gasteiger charge is 2.25. The second kappa shape index (κ2) is 15.8. The van der Waals surface area contributed by atoms with Crippen LogP contribution in [0.4, 0.5) is 0 Å². The summed E-state index contributed by atoms with van der Waals surface area (Å²) >= 11 is 3.03. The van der Waals surface area contributed by atoms with Crippen molar-refractivity contribution in [2.75, 3.05) is 30.6 Å². The number of hydrogen-bond acceptors (Lipinski definition) is 8. The Morgan fingerprint density at radius 2 is 1.47 bits per heavy atom. The van der Waals surface area contributed by atoms with Crippen molar-refractivity contribution in [2.45, 2.75) is 43.8 Å². The average molecular weight is 467 g/mol. The Hall–Kier alpha value is -1.99. The number of nitrogens with one attached hydrogen (secondary N) is 3. The van der Waals surface area contributed by atoms with Crippen LogP contribution in [0, 0.1) is 0 Å². The van der Waals surface area contributed by atoms with E-state index in [9.17, 15) is 24.0 Å². The summed E-state index contributed by atoms with van der Waals surface area (Å²) in [6, 6.07) is -3.02. The minimum absolute atomic E-state index is 0.287. The van der Waals surface area contributed by atoms with Gasteiger partial charge in [-0.1, -0.05) is 0 Å². The van der Waals surface area contributed by atoms with Crippen LogP contribution in [0.2, 0.25) is 0 Å². The predicted molar refractivity (Wildman–Crippen MR) is 115 cm³/mol. The lowest BCUT2D eigenvalue weighted by molar-refractivity contribution is -0.143. The molecule has 0 aromatic heterocycles. The fraction of sp³-hybridized carbons (Fsp3) is 0.706. The van der Waals surface area contributed by atoms with Gasteiger partial charge in [-0.05, 0) is 43.3 Å². The molecule has 3 unspecified atom stereocenters. The average Bonchev–Trinajstić information content (AvgIpc) is 2.69. The smallest absolute Gasteiger partial charge is 0.326 e. The largest absolute Gasteiger partial charge is 0.481 e. The predicted octanol–water partition coefficient (Wildman–Crippen LogP) is -1.14. The van der Waals surface area contributed by atoms with Crippen LogP contribution in [0.5, 0.6) is 0 Å². The van der Waals surface area contributed by atoms with Gasteiger partial charge in [0.05, 0.1) is 12.6 Å². The molecule has 0 rings (SSSR count). The highest BCUT2D eigenvalue weighted by Crippen LogP contribution is 2.04. The number of aliphatic carboxylic acids is 2. The number of carboxylic acids is 2. The first kappa shape index (κ1) is 28.0. The van der Waals surface area contributed by atoms with Crippen LogP contribution in [0.3, 0.4) is 0 Å². The summed E-state index contributed by atoms with van der Waals surface area (Å²) in [5.74, 6) is -3.12. The first-order valence-corrected chi connectivity index (χ1v) is 12.0. The molecule has 0 aliphatic heterocycles. The Labute approximate surface area is 183 Å². The minimum Gasteiger partial charge on any atom is -0.481 e. The topological polar surface area (TPSA) is 188 Å². The van der Waals surface area contributed by atoms with Crippen molar-refractivity contribution < 1.29 is 34.2 Å². The summed E-state index contributed by atoms with van der Waals surface area (Å²) in [4.78, 5) is 58.2. The first-order chi connectivity index (χ1) is 14.1. The van der Waals surface area contributed by atoms with Gasteiger partial charge in [0.25, 0.3) is 0 Å². The van der Waals surface area contributed by atoms with Crippen LogP contribution in [-0.4, -0.2) is 88.6 Å². The molecule has 11 nitrogen and oxygen atoms in total. The molecule has 13 heteroatoms. The van der Waals surface area contributed by atoms with E-state index in [2.05, 4.69) is 16.0 Å². The van der Waals surface area contributed by atoms with Gasteiger partial charge in [0.2, 0.25) is 17.7 Å². The molecule has 0 fully saturated rings. The van der Waals surface area contributed by atoms with Crippen LogP contribution in [-0.2, 0) is 24.0 Å². The zero-order chi connectivity index (χ0) is 23.1. The molecule has 0 aliphatic rings. The Morgan fingerprint density at radius 3 is 2.00 bits per heavy atom. The second-order valence-corrected chi connectivity index (χ2v) is 8.31. The summed E-state index contributed by atoms with van der Waals surface area (Å²) in [6.07, 6.45) is 3.80. The Kier molecular flexibility index (Phi) is 14.7. The highest BCUT2D eigenvalue weighted by molar-refractivity contribution is 7.98. The summed E-state index contributed by atoms with van der Waals surface area (Å²) in [5.41, 5.74) is 5.81. The lowest BCUT2D eigenvalue weighted by Gasteiger charge is -2.20. The molecule has 0 saturated carbocycles. The Bertz CT molecular complexity index is 607. The van der Waals surface area contributed by atoms with Crippen molar-refractivity contribution in [1.29, 1.82) is 0 Å². The normalized spacial score (nSPS) is 13.6. The third-order valence-electron chi connectivity index (χ3n) is 3.92. The fourth-order valence-electron chi connectivity index (χ4n) is 2.22. The van der Waals surface area contributed by atoms with Crippen molar-refractivity contribution in [3.05, 3.63) is 0 Å². The van der Waals surface area contributed by atoms with Crippen LogP contribution in [0.15, 0.2) is 0 Å². The van der Waals surface area contributed by atoms with E-state index in [-0.39, 0.29) is 6.42 Å². The molecular weight excluding hydrogens is 436 g/mol. The van der Waals surface area contributed by atoms with Gasteiger partial charge >= 0.3 is 11.9 Å². The van der Waals surface area contributed by atoms with Gasteiger partial charge in [0, 0.05) is 6.42 Å². The van der Waals surface area contributed by atoms with Crippen LogP contribution < -0.4 is 21.7 Å². The lowest BCUT2D eigenvalue weighted by Crippen LogP contribution is -2.53. The molecule has 3 amide bonds. The number of carboxylic acid groups (broad SMARTS) is 2. The molecule has 0 heterocycles. The Morgan fingerprint density at radius 1 is 0.867 bits per heavy atom. The molecule has 172 valence electrons. The number of hydrogen-bond donors (Lipinski definition) is 6. The third-order valence-corrected chi connectivity index (χ3v) is 5.20. The van der Waals surface area contributed by atoms with Crippen molar-refractivity contribution >= 4 is 53.2 Å². The van der Waals surface area contributed by atoms with Crippen molar-refractivity contribution in [1.82, 2.24) is 16.0 Å². The second-order valence-electron chi connectivity index (χ2n) is 6.34. The van der Waals surface area contributed by atoms with Gasteiger partial charge < -0.3 is 31.9 Å². The van der Waals surface area contributed by atoms with E-state index < -0.39 is 60.8 Å². The van der Waals surface area contributed by atoms with Crippen LogP contribution in [0.25, 0.3) is 0 Å². The number of carbonyl (C=O) groups excluding carboxylic acids is 3. The minimum atomic E-state index is -1.38. The maximum atomic E-state index is 12.4. The van der Waals surface area contributed by atoms with E-state index in [1.54, 1.807) is 11.8 Å². The number of rotatable bonds is 16. The van der Waals surface area contributed by atoms with Crippen LogP contribution >= 0.6 is 23.5 Å². The quantitative estimate of drug-likeness (QED) is 0.162. The molecule has 0 saturated heterocycles. The van der Waals surface area contributed by atoms with E-state index in [0.29, 0.717) is 24.3 Å². The molecule has 3 atom stereocenters. The summed E-state index contributed by atoms with van der Waals surface area (Å²) in [5, 5.41) is 24.8. The zero-order valence-electron chi connectivity index (χ0n) is 17.0. The maximum absolute atomic E-state index is 12.4. The molecule has 0 radical (unpaired) electrons. The lowest BCUT2D eigenvalue weighted by atomic mass is 10.1. The molecule has 0 spiro atoms. The zero-order valence-corrected chi connectivity index (χ0v) is 18.6. The summed E-state index contributed by atoms with van der Waals surface area (Å²) in [6.45, 7) is -0.514. The monoisotopic (exact) mass is 466 g/mol. The number of carbonyl (C=O) groups is 5. The van der Waals surface area contributed by atoms with E-state index >= 15 is 0 Å². The summed E-state index contributed by atoms with van der Waals surface area (Å²) < 4.78 is 0. The third kappa shape index (κ3) is 12.5. The maximum Gasteiger partial charge on any atom is 0.326 e. The van der Waals surface area contributed by atoms with Crippen molar-refractivity contribution in [2.24, 2.45) is 5.73 Å². The Balaban J connectivity index is 4.74. The van der Waals surface area contributed by atoms with Gasteiger partial charge in [0.1, 0.15) is 12.1 Å². The van der Waals surface area contributed by atoms with E-state index in [0.717, 1.165) is 0 Å².